The topological polar surface area (TPSA) is 96.4 Å². The van der Waals surface area contributed by atoms with E-state index in [-0.39, 0.29) is 23.5 Å². The lowest BCUT2D eigenvalue weighted by Crippen LogP contribution is -2.48. The van der Waals surface area contributed by atoms with E-state index < -0.39 is 17.7 Å². The molecule has 2 amide bonds. The summed E-state index contributed by atoms with van der Waals surface area (Å²) in [5, 5.41) is 13.0. The number of benzene rings is 1. The highest BCUT2D eigenvalue weighted by Gasteiger charge is 2.49. The average Bonchev–Trinajstić information content (AvgIpc) is 3.46. The van der Waals surface area contributed by atoms with Gasteiger partial charge in [0.2, 0.25) is 0 Å². The first-order valence-corrected chi connectivity index (χ1v) is 11.7. The van der Waals surface area contributed by atoms with Gasteiger partial charge in [-0.05, 0) is 43.3 Å². The monoisotopic (exact) mass is 470 g/mol. The molecule has 0 spiro atoms. The number of hydrogen-bond acceptors (Lipinski definition) is 7. The molecule has 33 heavy (non-hydrogen) atoms. The molecule has 1 N–H and O–H groups in total. The Morgan fingerprint density at radius 1 is 1.18 bits per heavy atom. The molecule has 0 radical (unpaired) electrons. The van der Waals surface area contributed by atoms with E-state index in [9.17, 15) is 19.5 Å². The van der Waals surface area contributed by atoms with Gasteiger partial charge in [0, 0.05) is 29.6 Å². The molecule has 8 nitrogen and oxygen atoms in total. The van der Waals surface area contributed by atoms with Crippen molar-refractivity contribution in [3.8, 4) is 5.75 Å². The Morgan fingerprint density at radius 2 is 1.94 bits per heavy atom. The van der Waals surface area contributed by atoms with Crippen LogP contribution in [0.4, 0.5) is 4.79 Å². The number of carbonyl (C=O) groups excluding carboxylic acids is 3. The van der Waals surface area contributed by atoms with Crippen molar-refractivity contribution in [2.45, 2.75) is 31.8 Å². The minimum Gasteiger partial charge on any atom is -0.507 e. The fraction of sp³-hybridized carbons (Fsp3) is 0.375. The van der Waals surface area contributed by atoms with Crippen LogP contribution in [-0.4, -0.2) is 65.5 Å². The lowest BCUT2D eigenvalue weighted by atomic mass is 9.97. The predicted octanol–water partition coefficient (Wildman–Crippen LogP) is 3.80. The van der Waals surface area contributed by atoms with E-state index in [1.54, 1.807) is 41.0 Å². The summed E-state index contributed by atoms with van der Waals surface area (Å²) in [5.74, 6) is -1.03. The quantitative estimate of drug-likeness (QED) is 0.406. The summed E-state index contributed by atoms with van der Waals surface area (Å²) < 4.78 is 10.3. The van der Waals surface area contributed by atoms with Crippen LogP contribution in [0.25, 0.3) is 5.76 Å². The Balaban J connectivity index is 1.69. The van der Waals surface area contributed by atoms with Gasteiger partial charge in [-0.1, -0.05) is 18.2 Å². The van der Waals surface area contributed by atoms with E-state index in [1.165, 1.54) is 18.4 Å². The summed E-state index contributed by atoms with van der Waals surface area (Å²) >= 11 is 1.43. The summed E-state index contributed by atoms with van der Waals surface area (Å²) in [4.78, 5) is 42.4. The molecule has 1 atom stereocenters. The number of piperidine rings is 1. The van der Waals surface area contributed by atoms with Gasteiger partial charge in [-0.2, -0.15) is 0 Å². The molecule has 1 unspecified atom stereocenters. The molecule has 1 aromatic heterocycles. The van der Waals surface area contributed by atoms with Crippen LogP contribution < -0.4 is 4.74 Å². The molecular weight excluding hydrogens is 444 g/mol. The van der Waals surface area contributed by atoms with E-state index >= 15 is 0 Å². The molecule has 3 heterocycles. The standard InChI is InChI=1S/C24H26N2O6S/c1-3-32-24(30)25-11-9-16(10-12-25)26-20(18-8-5-13-33-18)19(22(28)23(26)29)21(27)15-6-4-7-17(14-15)31-2/h4-8,13-14,16,20,27H,3,9-12H2,1-2H3/b21-19-. The van der Waals surface area contributed by atoms with Gasteiger partial charge < -0.3 is 24.4 Å². The van der Waals surface area contributed by atoms with Crippen molar-refractivity contribution in [3.05, 3.63) is 57.8 Å². The van der Waals surface area contributed by atoms with Crippen molar-refractivity contribution >= 4 is 34.9 Å². The lowest BCUT2D eigenvalue weighted by Gasteiger charge is -2.38. The van der Waals surface area contributed by atoms with E-state index in [0.29, 0.717) is 43.9 Å². The fourth-order valence-corrected chi connectivity index (χ4v) is 5.25. The molecule has 2 aliphatic rings. The van der Waals surface area contributed by atoms with Crippen molar-refractivity contribution in [2.75, 3.05) is 26.8 Å². The normalized spacial score (nSPS) is 20.8. The predicted molar refractivity (Wildman–Crippen MR) is 123 cm³/mol. The maximum absolute atomic E-state index is 13.2. The SMILES string of the molecule is CCOC(=O)N1CCC(N2C(=O)C(=O)/C(=C(\O)c3cccc(OC)c3)C2c2cccs2)CC1. The molecule has 9 heteroatoms. The zero-order valence-corrected chi connectivity index (χ0v) is 19.3. The number of ether oxygens (including phenoxy) is 2. The third kappa shape index (κ3) is 4.32. The fourth-order valence-electron chi connectivity index (χ4n) is 4.42. The van der Waals surface area contributed by atoms with Gasteiger partial charge in [0.1, 0.15) is 11.5 Å². The van der Waals surface area contributed by atoms with Gasteiger partial charge in [-0.15, -0.1) is 11.3 Å². The number of Topliss-reactive ketones (excluding diaryl/α,β-unsaturated/α-hetero) is 1. The van der Waals surface area contributed by atoms with Gasteiger partial charge in [-0.25, -0.2) is 4.79 Å². The first-order valence-electron chi connectivity index (χ1n) is 10.9. The summed E-state index contributed by atoms with van der Waals surface area (Å²) in [5.41, 5.74) is 0.481. The molecule has 0 aliphatic carbocycles. The Morgan fingerprint density at radius 3 is 2.58 bits per heavy atom. The number of likely N-dealkylation sites (tertiary alicyclic amines) is 2. The molecular formula is C24H26N2O6S. The van der Waals surface area contributed by atoms with Crippen LogP contribution in [0.1, 0.15) is 36.2 Å². The van der Waals surface area contributed by atoms with Gasteiger partial charge >= 0.3 is 6.09 Å². The number of aliphatic hydroxyl groups excluding tert-OH is 1. The number of aliphatic hydroxyl groups is 1. The number of ketones is 1. The molecule has 2 saturated heterocycles. The highest BCUT2D eigenvalue weighted by atomic mass is 32.1. The number of amides is 2. The largest absolute Gasteiger partial charge is 0.507 e. The van der Waals surface area contributed by atoms with Gasteiger partial charge in [-0.3, -0.25) is 9.59 Å². The highest BCUT2D eigenvalue weighted by molar-refractivity contribution is 7.10. The van der Waals surface area contributed by atoms with Gasteiger partial charge in [0.15, 0.2) is 0 Å². The zero-order chi connectivity index (χ0) is 23.5. The van der Waals surface area contributed by atoms with Crippen molar-refractivity contribution in [1.29, 1.82) is 0 Å². The molecule has 4 rings (SSSR count). The zero-order valence-electron chi connectivity index (χ0n) is 18.5. The summed E-state index contributed by atoms with van der Waals surface area (Å²) in [7, 11) is 1.52. The summed E-state index contributed by atoms with van der Waals surface area (Å²) in [6, 6.07) is 9.56. The van der Waals surface area contributed by atoms with Crippen LogP contribution in [0, 0.1) is 0 Å². The molecule has 2 fully saturated rings. The lowest BCUT2D eigenvalue weighted by molar-refractivity contribution is -0.142. The highest BCUT2D eigenvalue weighted by Crippen LogP contribution is 2.43. The molecule has 0 saturated carbocycles. The first-order chi connectivity index (χ1) is 16.0. The molecule has 0 bridgehead atoms. The maximum Gasteiger partial charge on any atom is 0.409 e. The van der Waals surface area contributed by atoms with E-state index in [1.807, 2.05) is 17.5 Å². The van der Waals surface area contributed by atoms with E-state index in [2.05, 4.69) is 0 Å². The van der Waals surface area contributed by atoms with Crippen LogP contribution in [0.2, 0.25) is 0 Å². The molecule has 2 aliphatic heterocycles. The van der Waals surface area contributed by atoms with Crippen molar-refractivity contribution in [2.24, 2.45) is 0 Å². The average molecular weight is 471 g/mol. The molecule has 1 aromatic carbocycles. The van der Waals surface area contributed by atoms with Crippen molar-refractivity contribution in [1.82, 2.24) is 9.80 Å². The summed E-state index contributed by atoms with van der Waals surface area (Å²) in [6.45, 7) is 2.92. The maximum atomic E-state index is 13.2. The number of carbonyl (C=O) groups is 3. The minimum absolute atomic E-state index is 0.0727. The number of rotatable bonds is 5. The third-order valence-electron chi connectivity index (χ3n) is 6.02. The second-order valence-electron chi connectivity index (χ2n) is 7.87. The third-order valence-corrected chi connectivity index (χ3v) is 6.94. The number of nitrogens with zero attached hydrogens (tertiary/aromatic N) is 2. The van der Waals surface area contributed by atoms with Crippen LogP contribution in [0.5, 0.6) is 5.75 Å². The first kappa shape index (κ1) is 22.8. The Kier molecular flexibility index (Phi) is 6.69. The summed E-state index contributed by atoms with van der Waals surface area (Å²) in [6.07, 6.45) is 0.672. The Hall–Kier alpha value is -3.33. The molecule has 174 valence electrons. The second-order valence-corrected chi connectivity index (χ2v) is 8.85. The van der Waals surface area contributed by atoms with Crippen LogP contribution >= 0.6 is 11.3 Å². The van der Waals surface area contributed by atoms with Gasteiger partial charge in [0.25, 0.3) is 11.7 Å². The minimum atomic E-state index is -0.707. The number of methoxy groups -OCH3 is 1. The van der Waals surface area contributed by atoms with Crippen molar-refractivity contribution in [3.63, 3.8) is 0 Å². The molecule has 2 aromatic rings. The number of hydrogen-bond donors (Lipinski definition) is 1. The van der Waals surface area contributed by atoms with E-state index in [0.717, 1.165) is 4.88 Å². The van der Waals surface area contributed by atoms with Crippen LogP contribution in [0.15, 0.2) is 47.4 Å². The van der Waals surface area contributed by atoms with Gasteiger partial charge in [0.05, 0.1) is 25.3 Å². The van der Waals surface area contributed by atoms with E-state index in [4.69, 9.17) is 9.47 Å². The smallest absolute Gasteiger partial charge is 0.409 e. The van der Waals surface area contributed by atoms with Crippen LogP contribution in [-0.2, 0) is 14.3 Å². The Bertz CT molecular complexity index is 1070. The van der Waals surface area contributed by atoms with Crippen LogP contribution in [0.3, 0.4) is 0 Å². The second kappa shape index (κ2) is 9.66. The Labute approximate surface area is 196 Å². The number of thiophene rings is 1. The van der Waals surface area contributed by atoms with Crippen molar-refractivity contribution < 1.29 is 29.0 Å².